The molecule has 1 aliphatic heterocycles. The maximum Gasteiger partial charge on any atom is 0.301 e. The molecule has 0 spiro atoms. The van der Waals surface area contributed by atoms with Gasteiger partial charge in [0.05, 0.1) is 24.8 Å². The highest BCUT2D eigenvalue weighted by Crippen LogP contribution is 2.42. The van der Waals surface area contributed by atoms with Gasteiger partial charge < -0.3 is 19.1 Å². The fourth-order valence-electron chi connectivity index (χ4n) is 3.78. The normalized spacial score (nSPS) is 17.6. The van der Waals surface area contributed by atoms with Crippen molar-refractivity contribution in [3.63, 3.8) is 0 Å². The molecule has 8 nitrogen and oxygen atoms in total. The number of hydrogen-bond acceptors (Lipinski definition) is 7. The fraction of sp³-hybridized carbons (Fsp3) is 0.240. The van der Waals surface area contributed by atoms with E-state index in [-0.39, 0.29) is 23.3 Å². The zero-order valence-corrected chi connectivity index (χ0v) is 18.7. The first kappa shape index (κ1) is 22.1. The van der Waals surface area contributed by atoms with E-state index < -0.39 is 17.7 Å². The number of amides is 1. The standard InChI is InChI=1S/C25H24N2O6/c1-14(2)32-18-10-8-16(9-11-18)23(28)21-22(17-6-5-7-19(13-17)31-4)27(25(30)24(21)29)20-12-15(3)33-26-20/h5-14,22,28H,1-4H3. The van der Waals surface area contributed by atoms with E-state index in [4.69, 9.17) is 14.0 Å². The Bertz CT molecular complexity index is 1230. The molecule has 0 radical (unpaired) electrons. The highest BCUT2D eigenvalue weighted by atomic mass is 16.5. The fourth-order valence-corrected chi connectivity index (χ4v) is 3.78. The first-order chi connectivity index (χ1) is 15.8. The van der Waals surface area contributed by atoms with E-state index in [2.05, 4.69) is 5.16 Å². The maximum absolute atomic E-state index is 13.1. The van der Waals surface area contributed by atoms with Crippen molar-refractivity contribution >= 4 is 23.3 Å². The van der Waals surface area contributed by atoms with Crippen LogP contribution in [0.1, 0.15) is 36.8 Å². The number of hydrogen-bond donors (Lipinski definition) is 1. The minimum Gasteiger partial charge on any atom is -0.507 e. The Labute approximate surface area is 191 Å². The number of ether oxygens (including phenoxy) is 2. The molecular formula is C25H24N2O6. The number of rotatable bonds is 6. The summed E-state index contributed by atoms with van der Waals surface area (Å²) in [5.74, 6) is -0.0749. The Morgan fingerprint density at radius 3 is 2.42 bits per heavy atom. The minimum absolute atomic E-state index is 0.00579. The predicted octanol–water partition coefficient (Wildman–Crippen LogP) is 4.41. The largest absolute Gasteiger partial charge is 0.507 e. The van der Waals surface area contributed by atoms with Crippen LogP contribution < -0.4 is 14.4 Å². The predicted molar refractivity (Wildman–Crippen MR) is 121 cm³/mol. The quantitative estimate of drug-likeness (QED) is 0.339. The molecule has 2 aromatic carbocycles. The van der Waals surface area contributed by atoms with Crippen LogP contribution >= 0.6 is 0 Å². The van der Waals surface area contributed by atoms with Gasteiger partial charge in [-0.1, -0.05) is 17.3 Å². The molecule has 1 atom stereocenters. The molecule has 0 aliphatic carbocycles. The molecular weight excluding hydrogens is 424 g/mol. The number of Topliss-reactive ketones (excluding diaryl/α,β-unsaturated/α-hetero) is 1. The van der Waals surface area contributed by atoms with Crippen molar-refractivity contribution in [2.75, 3.05) is 12.0 Å². The summed E-state index contributed by atoms with van der Waals surface area (Å²) in [5, 5.41) is 15.1. The summed E-state index contributed by atoms with van der Waals surface area (Å²) < 4.78 is 16.1. The first-order valence-corrected chi connectivity index (χ1v) is 10.5. The Balaban J connectivity index is 1.87. The second-order valence-electron chi connectivity index (χ2n) is 7.93. The van der Waals surface area contributed by atoms with Crippen LogP contribution in [-0.4, -0.2) is 35.2 Å². The van der Waals surface area contributed by atoms with Gasteiger partial charge in [0.2, 0.25) is 0 Å². The molecule has 2 heterocycles. The lowest BCUT2D eigenvalue weighted by Gasteiger charge is -2.23. The molecule has 3 aromatic rings. The van der Waals surface area contributed by atoms with Crippen LogP contribution in [0.25, 0.3) is 5.76 Å². The number of aryl methyl sites for hydroxylation is 1. The molecule has 1 aromatic heterocycles. The average molecular weight is 448 g/mol. The molecule has 1 N–H and O–H groups in total. The molecule has 170 valence electrons. The van der Waals surface area contributed by atoms with E-state index in [9.17, 15) is 14.7 Å². The zero-order valence-electron chi connectivity index (χ0n) is 18.7. The van der Waals surface area contributed by atoms with Crippen molar-refractivity contribution in [1.29, 1.82) is 0 Å². The van der Waals surface area contributed by atoms with Crippen molar-refractivity contribution in [3.8, 4) is 11.5 Å². The van der Waals surface area contributed by atoms with Gasteiger partial charge in [-0.05, 0) is 62.7 Å². The van der Waals surface area contributed by atoms with Gasteiger partial charge in [-0.2, -0.15) is 0 Å². The first-order valence-electron chi connectivity index (χ1n) is 10.5. The monoisotopic (exact) mass is 448 g/mol. The molecule has 0 bridgehead atoms. The molecule has 8 heteroatoms. The van der Waals surface area contributed by atoms with Crippen LogP contribution in [0.5, 0.6) is 11.5 Å². The minimum atomic E-state index is -0.920. The van der Waals surface area contributed by atoms with Crippen LogP contribution in [0.4, 0.5) is 5.82 Å². The van der Waals surface area contributed by atoms with Crippen LogP contribution in [0.2, 0.25) is 0 Å². The van der Waals surface area contributed by atoms with Gasteiger partial charge in [-0.3, -0.25) is 14.5 Å². The number of carbonyl (C=O) groups is 2. The number of methoxy groups -OCH3 is 1. The van der Waals surface area contributed by atoms with Crippen LogP contribution in [0, 0.1) is 6.92 Å². The second kappa shape index (κ2) is 8.82. The van der Waals surface area contributed by atoms with E-state index >= 15 is 0 Å². The average Bonchev–Trinajstić information content (AvgIpc) is 3.34. The number of ketones is 1. The number of benzene rings is 2. The number of nitrogens with zero attached hydrogens (tertiary/aromatic N) is 2. The van der Waals surface area contributed by atoms with Crippen LogP contribution in [0.15, 0.2) is 64.7 Å². The number of aromatic nitrogens is 1. The third kappa shape index (κ3) is 4.19. The summed E-state index contributed by atoms with van der Waals surface area (Å²) in [6.45, 7) is 5.51. The van der Waals surface area contributed by atoms with Gasteiger partial charge in [0, 0.05) is 11.6 Å². The third-order valence-electron chi connectivity index (χ3n) is 5.22. The Morgan fingerprint density at radius 2 is 1.82 bits per heavy atom. The van der Waals surface area contributed by atoms with E-state index in [1.165, 1.54) is 12.0 Å². The smallest absolute Gasteiger partial charge is 0.301 e. The number of carbonyl (C=O) groups excluding carboxylic acids is 2. The third-order valence-corrected chi connectivity index (χ3v) is 5.22. The van der Waals surface area contributed by atoms with Gasteiger partial charge in [-0.15, -0.1) is 0 Å². The van der Waals surface area contributed by atoms with E-state index in [0.717, 1.165) is 0 Å². The molecule has 4 rings (SSSR count). The SMILES string of the molecule is COc1cccc(C2C(=C(O)c3ccc(OC(C)C)cc3)C(=O)C(=O)N2c2cc(C)on2)c1. The lowest BCUT2D eigenvalue weighted by molar-refractivity contribution is -0.132. The van der Waals surface area contributed by atoms with Gasteiger partial charge in [0.1, 0.15) is 23.0 Å². The van der Waals surface area contributed by atoms with Gasteiger partial charge in [-0.25, -0.2) is 0 Å². The highest BCUT2D eigenvalue weighted by Gasteiger charge is 2.48. The number of anilines is 1. The Morgan fingerprint density at radius 1 is 1.09 bits per heavy atom. The van der Waals surface area contributed by atoms with Gasteiger partial charge in [0.25, 0.3) is 5.78 Å². The number of aliphatic hydroxyl groups is 1. The summed E-state index contributed by atoms with van der Waals surface area (Å²) in [6, 6.07) is 14.3. The zero-order chi connectivity index (χ0) is 23.7. The maximum atomic E-state index is 13.1. The Kier molecular flexibility index (Phi) is 5.91. The van der Waals surface area contributed by atoms with Crippen molar-refractivity contribution in [2.24, 2.45) is 0 Å². The van der Waals surface area contributed by atoms with Gasteiger partial charge >= 0.3 is 5.91 Å². The van der Waals surface area contributed by atoms with Gasteiger partial charge in [0.15, 0.2) is 5.82 Å². The molecule has 1 fully saturated rings. The summed E-state index contributed by atoms with van der Waals surface area (Å²) in [6.07, 6.45) is -0.00579. The molecule has 1 saturated heterocycles. The van der Waals surface area contributed by atoms with Crippen molar-refractivity contribution in [2.45, 2.75) is 32.9 Å². The highest BCUT2D eigenvalue weighted by molar-refractivity contribution is 6.51. The van der Waals surface area contributed by atoms with Crippen molar-refractivity contribution < 1.29 is 28.7 Å². The van der Waals surface area contributed by atoms with E-state index in [0.29, 0.717) is 28.4 Å². The summed E-state index contributed by atoms with van der Waals surface area (Å²) in [7, 11) is 1.53. The molecule has 33 heavy (non-hydrogen) atoms. The molecule has 1 aliphatic rings. The van der Waals surface area contributed by atoms with Crippen LogP contribution in [-0.2, 0) is 9.59 Å². The number of aliphatic hydroxyl groups excluding tert-OH is 1. The van der Waals surface area contributed by atoms with E-state index in [1.54, 1.807) is 61.5 Å². The topological polar surface area (TPSA) is 102 Å². The van der Waals surface area contributed by atoms with E-state index in [1.807, 2.05) is 13.8 Å². The van der Waals surface area contributed by atoms with Crippen molar-refractivity contribution in [3.05, 3.63) is 77.1 Å². The lowest BCUT2D eigenvalue weighted by Crippen LogP contribution is -2.29. The Hall–Kier alpha value is -4.07. The lowest BCUT2D eigenvalue weighted by atomic mass is 9.95. The summed E-state index contributed by atoms with van der Waals surface area (Å²) >= 11 is 0. The molecule has 0 saturated carbocycles. The van der Waals surface area contributed by atoms with Crippen LogP contribution in [0.3, 0.4) is 0 Å². The van der Waals surface area contributed by atoms with Crippen molar-refractivity contribution in [1.82, 2.24) is 5.16 Å². The second-order valence-corrected chi connectivity index (χ2v) is 7.93. The molecule has 1 unspecified atom stereocenters. The molecule has 1 amide bonds. The summed E-state index contributed by atoms with van der Waals surface area (Å²) in [4.78, 5) is 27.4. The summed E-state index contributed by atoms with van der Waals surface area (Å²) in [5.41, 5.74) is 0.912.